The van der Waals surface area contributed by atoms with Gasteiger partial charge in [0, 0.05) is 6.54 Å². The van der Waals surface area contributed by atoms with Crippen LogP contribution in [0, 0.1) is 17.8 Å². The Hall–Kier alpha value is -0.0800. The highest BCUT2D eigenvalue weighted by Gasteiger charge is 2.27. The van der Waals surface area contributed by atoms with Crippen LogP contribution in [0.5, 0.6) is 0 Å². The van der Waals surface area contributed by atoms with Gasteiger partial charge in [-0.3, -0.25) is 0 Å². The summed E-state index contributed by atoms with van der Waals surface area (Å²) in [6.45, 7) is 13.4. The van der Waals surface area contributed by atoms with Crippen molar-refractivity contribution in [3.05, 3.63) is 0 Å². The molecule has 2 nitrogen and oxygen atoms in total. The van der Waals surface area contributed by atoms with Gasteiger partial charge >= 0.3 is 0 Å². The Bertz CT molecular complexity index is 205. The molecule has 1 rings (SSSR count). The van der Waals surface area contributed by atoms with Gasteiger partial charge in [0.2, 0.25) is 0 Å². The summed E-state index contributed by atoms with van der Waals surface area (Å²) in [6, 6.07) is 0. The van der Waals surface area contributed by atoms with Crippen molar-refractivity contribution in [1.82, 2.24) is 5.32 Å². The van der Waals surface area contributed by atoms with Gasteiger partial charge in [-0.25, -0.2) is 0 Å². The Morgan fingerprint density at radius 2 is 1.88 bits per heavy atom. The van der Waals surface area contributed by atoms with Gasteiger partial charge < -0.3 is 10.1 Å². The van der Waals surface area contributed by atoms with E-state index in [1.807, 2.05) is 0 Å². The average molecular weight is 241 g/mol. The minimum Gasteiger partial charge on any atom is -0.373 e. The molecule has 0 heterocycles. The molecule has 0 spiro atoms. The predicted octanol–water partition coefficient (Wildman–Crippen LogP) is 3.46. The van der Waals surface area contributed by atoms with Gasteiger partial charge in [0.15, 0.2) is 0 Å². The summed E-state index contributed by atoms with van der Waals surface area (Å²) in [5.74, 6) is 2.30. The van der Waals surface area contributed by atoms with E-state index in [-0.39, 0.29) is 0 Å². The highest BCUT2D eigenvalue weighted by Crippen LogP contribution is 2.32. The lowest BCUT2D eigenvalue weighted by molar-refractivity contribution is -0.0639. The van der Waals surface area contributed by atoms with Crippen LogP contribution < -0.4 is 5.32 Å². The molecular formula is C15H31NO. The van der Waals surface area contributed by atoms with Crippen molar-refractivity contribution < 1.29 is 4.74 Å². The quantitative estimate of drug-likeness (QED) is 0.769. The molecule has 4 unspecified atom stereocenters. The zero-order chi connectivity index (χ0) is 12.8. The molecule has 0 aromatic rings. The molecule has 0 amide bonds. The van der Waals surface area contributed by atoms with Gasteiger partial charge in [0.25, 0.3) is 0 Å². The molecule has 4 atom stereocenters. The van der Waals surface area contributed by atoms with Gasteiger partial charge in [-0.1, -0.05) is 34.6 Å². The smallest absolute Gasteiger partial charge is 0.0726 e. The van der Waals surface area contributed by atoms with Crippen molar-refractivity contribution in [3.63, 3.8) is 0 Å². The summed E-state index contributed by atoms with van der Waals surface area (Å²) >= 11 is 0. The maximum absolute atomic E-state index is 6.31. The van der Waals surface area contributed by atoms with Crippen molar-refractivity contribution in [2.75, 3.05) is 13.1 Å². The monoisotopic (exact) mass is 241 g/mol. The van der Waals surface area contributed by atoms with E-state index in [2.05, 4.69) is 39.9 Å². The molecule has 1 aliphatic carbocycles. The molecule has 1 fully saturated rings. The fourth-order valence-corrected chi connectivity index (χ4v) is 2.60. The summed E-state index contributed by atoms with van der Waals surface area (Å²) in [4.78, 5) is 0. The molecule has 102 valence electrons. The van der Waals surface area contributed by atoms with E-state index in [0.29, 0.717) is 18.1 Å². The zero-order valence-electron chi connectivity index (χ0n) is 12.3. The average Bonchev–Trinajstić information content (AvgIpc) is 2.28. The summed E-state index contributed by atoms with van der Waals surface area (Å²) < 4.78 is 6.31. The lowest BCUT2D eigenvalue weighted by Gasteiger charge is -2.35. The molecule has 0 radical (unpaired) electrons. The van der Waals surface area contributed by atoms with E-state index in [9.17, 15) is 0 Å². The maximum Gasteiger partial charge on any atom is 0.0726 e. The van der Waals surface area contributed by atoms with Crippen LogP contribution in [0.25, 0.3) is 0 Å². The van der Waals surface area contributed by atoms with E-state index in [1.54, 1.807) is 0 Å². The molecule has 0 aliphatic heterocycles. The lowest BCUT2D eigenvalue weighted by Crippen LogP contribution is -2.38. The van der Waals surface area contributed by atoms with Crippen molar-refractivity contribution in [1.29, 1.82) is 0 Å². The Labute approximate surface area is 108 Å². The van der Waals surface area contributed by atoms with Crippen molar-refractivity contribution >= 4 is 0 Å². The third kappa shape index (κ3) is 4.97. The second kappa shape index (κ2) is 7.38. The van der Waals surface area contributed by atoms with E-state index >= 15 is 0 Å². The summed E-state index contributed by atoms with van der Waals surface area (Å²) in [6.07, 6.45) is 4.70. The van der Waals surface area contributed by atoms with E-state index in [1.165, 1.54) is 19.3 Å². The van der Waals surface area contributed by atoms with Crippen LogP contribution in [0.2, 0.25) is 0 Å². The first-order valence-corrected chi connectivity index (χ1v) is 7.40. The number of likely N-dealkylation sites (N-methyl/N-ethyl adjacent to an activating group) is 1. The summed E-state index contributed by atoms with van der Waals surface area (Å²) in [5, 5.41) is 3.41. The summed E-state index contributed by atoms with van der Waals surface area (Å²) in [7, 11) is 0. The van der Waals surface area contributed by atoms with Crippen molar-refractivity contribution in [3.8, 4) is 0 Å². The summed E-state index contributed by atoms with van der Waals surface area (Å²) in [5.41, 5.74) is 0. The Kier molecular flexibility index (Phi) is 6.50. The molecule has 1 aliphatic rings. The fourth-order valence-electron chi connectivity index (χ4n) is 2.60. The highest BCUT2D eigenvalue weighted by molar-refractivity contribution is 4.78. The molecule has 1 N–H and O–H groups in total. The normalized spacial score (nSPS) is 31.8. The predicted molar refractivity (Wildman–Crippen MR) is 74.2 cm³/mol. The van der Waals surface area contributed by atoms with Gasteiger partial charge in [-0.2, -0.15) is 0 Å². The number of nitrogens with one attached hydrogen (secondary N) is 1. The molecule has 0 aromatic carbocycles. The van der Waals surface area contributed by atoms with Crippen LogP contribution >= 0.6 is 0 Å². The SMILES string of the molecule is CCNCC(OC1CCC(C)C(C)C1)C(C)C. The number of rotatable bonds is 6. The largest absolute Gasteiger partial charge is 0.373 e. The molecule has 0 aromatic heterocycles. The molecule has 0 saturated heterocycles. The topological polar surface area (TPSA) is 21.3 Å². The van der Waals surface area contributed by atoms with Crippen LogP contribution in [-0.4, -0.2) is 25.3 Å². The molecule has 17 heavy (non-hydrogen) atoms. The molecule has 2 heteroatoms. The first-order valence-electron chi connectivity index (χ1n) is 7.40. The third-order valence-corrected chi connectivity index (χ3v) is 4.26. The molecule has 0 bridgehead atoms. The van der Waals surface area contributed by atoms with E-state index in [4.69, 9.17) is 4.74 Å². The fraction of sp³-hybridized carbons (Fsp3) is 1.00. The standard InChI is InChI=1S/C15H31NO/c1-6-16-10-15(11(2)3)17-14-8-7-12(4)13(5)9-14/h11-16H,6-10H2,1-5H3. The van der Waals surface area contributed by atoms with Crippen LogP contribution in [0.1, 0.15) is 53.9 Å². The first kappa shape index (κ1) is 15.0. The minimum absolute atomic E-state index is 0.376. The van der Waals surface area contributed by atoms with Crippen molar-refractivity contribution in [2.45, 2.75) is 66.1 Å². The molecular weight excluding hydrogens is 210 g/mol. The van der Waals surface area contributed by atoms with Crippen LogP contribution in [0.15, 0.2) is 0 Å². The van der Waals surface area contributed by atoms with Crippen molar-refractivity contribution in [2.24, 2.45) is 17.8 Å². The number of hydrogen-bond donors (Lipinski definition) is 1. The minimum atomic E-state index is 0.376. The van der Waals surface area contributed by atoms with Crippen LogP contribution in [-0.2, 0) is 4.74 Å². The van der Waals surface area contributed by atoms with E-state index < -0.39 is 0 Å². The Morgan fingerprint density at radius 1 is 1.18 bits per heavy atom. The zero-order valence-corrected chi connectivity index (χ0v) is 12.3. The van der Waals surface area contributed by atoms with Crippen LogP contribution in [0.3, 0.4) is 0 Å². The van der Waals surface area contributed by atoms with Gasteiger partial charge in [-0.15, -0.1) is 0 Å². The van der Waals surface area contributed by atoms with Gasteiger partial charge in [0.1, 0.15) is 0 Å². The highest BCUT2D eigenvalue weighted by atomic mass is 16.5. The second-order valence-corrected chi connectivity index (χ2v) is 6.12. The molecule has 1 saturated carbocycles. The number of ether oxygens (including phenoxy) is 1. The van der Waals surface area contributed by atoms with Gasteiger partial charge in [-0.05, 0) is 43.6 Å². The van der Waals surface area contributed by atoms with E-state index in [0.717, 1.165) is 24.9 Å². The second-order valence-electron chi connectivity index (χ2n) is 6.12. The maximum atomic E-state index is 6.31. The van der Waals surface area contributed by atoms with Crippen LogP contribution in [0.4, 0.5) is 0 Å². The lowest BCUT2D eigenvalue weighted by atomic mass is 9.80. The third-order valence-electron chi connectivity index (χ3n) is 4.26. The Balaban J connectivity index is 2.39. The number of hydrogen-bond acceptors (Lipinski definition) is 2. The Morgan fingerprint density at radius 3 is 2.41 bits per heavy atom. The first-order chi connectivity index (χ1) is 8.04. The van der Waals surface area contributed by atoms with Gasteiger partial charge in [0.05, 0.1) is 12.2 Å².